The van der Waals surface area contributed by atoms with Crippen molar-refractivity contribution >= 4 is 50.1 Å². The van der Waals surface area contributed by atoms with Crippen LogP contribution in [0.25, 0.3) is 31.9 Å². The monoisotopic (exact) mass is 398 g/mol. The molecule has 27 heavy (non-hydrogen) atoms. The van der Waals surface area contributed by atoms with Crippen molar-refractivity contribution in [3.63, 3.8) is 0 Å². The average Bonchev–Trinajstić information content (AvgIpc) is 3.13. The van der Waals surface area contributed by atoms with Crippen LogP contribution in [0.3, 0.4) is 0 Å². The molecule has 0 unspecified atom stereocenters. The van der Waals surface area contributed by atoms with Gasteiger partial charge in [0.05, 0.1) is 15.3 Å². The number of para-hydroxylation sites is 1. The van der Waals surface area contributed by atoms with Crippen LogP contribution in [0, 0.1) is 0 Å². The van der Waals surface area contributed by atoms with Gasteiger partial charge in [0, 0.05) is 31.6 Å². The summed E-state index contributed by atoms with van der Waals surface area (Å²) in [5.74, 6) is 0.826. The van der Waals surface area contributed by atoms with Crippen molar-refractivity contribution in [2.24, 2.45) is 0 Å². The van der Waals surface area contributed by atoms with Gasteiger partial charge in [0.15, 0.2) is 0 Å². The van der Waals surface area contributed by atoms with Crippen molar-refractivity contribution in [1.82, 2.24) is 15.3 Å². The number of benzene rings is 1. The maximum absolute atomic E-state index is 12.6. The van der Waals surface area contributed by atoms with Gasteiger partial charge < -0.3 is 14.6 Å². The molecule has 4 heterocycles. The van der Waals surface area contributed by atoms with E-state index in [9.17, 15) is 4.79 Å². The number of pyridine rings is 1. The van der Waals surface area contributed by atoms with Crippen molar-refractivity contribution in [1.29, 1.82) is 0 Å². The van der Waals surface area contributed by atoms with Gasteiger partial charge in [0.1, 0.15) is 16.3 Å². The summed E-state index contributed by atoms with van der Waals surface area (Å²) >= 11 is 7.63. The summed E-state index contributed by atoms with van der Waals surface area (Å²) in [7, 11) is 0. The molecule has 1 N–H and O–H groups in total. The Morgan fingerprint density at radius 2 is 2.00 bits per heavy atom. The molecule has 4 aromatic rings. The molecule has 136 valence electrons. The lowest BCUT2D eigenvalue weighted by Gasteiger charge is -2.28. The Bertz CT molecular complexity index is 1210. The van der Waals surface area contributed by atoms with Crippen molar-refractivity contribution < 1.29 is 4.42 Å². The molecule has 1 aliphatic heterocycles. The average molecular weight is 399 g/mol. The van der Waals surface area contributed by atoms with Gasteiger partial charge in [-0.05, 0) is 30.3 Å². The zero-order valence-electron chi connectivity index (χ0n) is 14.2. The fraction of sp³-hybridized carbons (Fsp3) is 0.211. The van der Waals surface area contributed by atoms with E-state index in [0.29, 0.717) is 26.8 Å². The van der Waals surface area contributed by atoms with Crippen molar-refractivity contribution in [2.75, 3.05) is 31.1 Å². The number of aromatic nitrogens is 2. The lowest BCUT2D eigenvalue weighted by atomic mass is 10.2. The number of thiazole rings is 1. The number of fused-ring (bicyclic) bond motifs is 2. The molecule has 0 radical (unpaired) electrons. The molecule has 0 aliphatic carbocycles. The number of rotatable bonds is 2. The Hall–Kier alpha value is -2.48. The first-order valence-corrected chi connectivity index (χ1v) is 9.84. The molecular weight excluding hydrogens is 384 g/mol. The molecule has 0 bridgehead atoms. The van der Waals surface area contributed by atoms with Gasteiger partial charge in [0.25, 0.3) is 0 Å². The molecule has 1 saturated heterocycles. The molecule has 1 aliphatic rings. The van der Waals surface area contributed by atoms with E-state index in [4.69, 9.17) is 16.0 Å². The molecule has 0 atom stereocenters. The summed E-state index contributed by atoms with van der Waals surface area (Å²) in [6.07, 6.45) is 0. The summed E-state index contributed by atoms with van der Waals surface area (Å²) in [6, 6.07) is 11.3. The van der Waals surface area contributed by atoms with Crippen LogP contribution in [0.5, 0.6) is 0 Å². The Morgan fingerprint density at radius 1 is 1.15 bits per heavy atom. The Kier molecular flexibility index (Phi) is 4.07. The minimum absolute atomic E-state index is 0.346. The van der Waals surface area contributed by atoms with Crippen LogP contribution in [0.2, 0.25) is 5.02 Å². The summed E-state index contributed by atoms with van der Waals surface area (Å²) in [5, 5.41) is 5.25. The van der Waals surface area contributed by atoms with Gasteiger partial charge in [-0.15, -0.1) is 11.3 Å². The molecule has 8 heteroatoms. The van der Waals surface area contributed by atoms with Gasteiger partial charge in [-0.3, -0.25) is 0 Å². The normalized spacial score (nSPS) is 14.9. The smallest absolute Gasteiger partial charge is 0.347 e. The fourth-order valence-electron chi connectivity index (χ4n) is 3.24. The SMILES string of the molecule is O=c1oc2nc(N3CCNCC3)ccc2cc1-c1nc2c(Cl)cccc2s1. The predicted molar refractivity (Wildman–Crippen MR) is 109 cm³/mol. The van der Waals surface area contributed by atoms with Crippen LogP contribution >= 0.6 is 22.9 Å². The highest BCUT2D eigenvalue weighted by Crippen LogP contribution is 2.33. The van der Waals surface area contributed by atoms with Crippen molar-refractivity contribution in [3.05, 3.63) is 51.8 Å². The molecule has 6 nitrogen and oxygen atoms in total. The van der Waals surface area contributed by atoms with Crippen molar-refractivity contribution in [3.8, 4) is 10.6 Å². The van der Waals surface area contributed by atoms with Gasteiger partial charge in [-0.2, -0.15) is 4.98 Å². The van der Waals surface area contributed by atoms with Gasteiger partial charge >= 0.3 is 5.63 Å². The molecule has 1 aromatic carbocycles. The Labute approximate surface area is 163 Å². The second-order valence-electron chi connectivity index (χ2n) is 6.35. The van der Waals surface area contributed by atoms with Crippen LogP contribution in [0.15, 0.2) is 45.6 Å². The molecule has 1 fully saturated rings. The van der Waals surface area contributed by atoms with Crippen LogP contribution in [-0.4, -0.2) is 36.1 Å². The maximum Gasteiger partial charge on any atom is 0.347 e. The van der Waals surface area contributed by atoms with E-state index in [0.717, 1.165) is 42.1 Å². The summed E-state index contributed by atoms with van der Waals surface area (Å²) in [5.41, 5.74) is 1.03. The van der Waals surface area contributed by atoms with E-state index in [1.807, 2.05) is 24.3 Å². The highest BCUT2D eigenvalue weighted by molar-refractivity contribution is 7.21. The van der Waals surface area contributed by atoms with Crippen LogP contribution in [-0.2, 0) is 0 Å². The lowest BCUT2D eigenvalue weighted by molar-refractivity contribution is 0.548. The third kappa shape index (κ3) is 2.97. The zero-order valence-corrected chi connectivity index (χ0v) is 15.8. The molecule has 5 rings (SSSR count). The third-order valence-corrected chi connectivity index (χ3v) is 5.98. The first kappa shape index (κ1) is 16.7. The molecule has 0 amide bonds. The van der Waals surface area contributed by atoms with E-state index in [1.165, 1.54) is 11.3 Å². The first-order valence-electron chi connectivity index (χ1n) is 8.65. The standard InChI is InChI=1S/C19H15ClN4O2S/c20-13-2-1-3-14-16(13)23-18(27-14)12-10-11-4-5-15(22-17(11)26-19(12)25)24-8-6-21-7-9-24/h1-5,10,21H,6-9H2. The van der Waals surface area contributed by atoms with Gasteiger partial charge in [-0.25, -0.2) is 9.78 Å². The van der Waals surface area contributed by atoms with E-state index < -0.39 is 5.63 Å². The summed E-state index contributed by atoms with van der Waals surface area (Å²) in [4.78, 5) is 23.8. The number of halogens is 1. The summed E-state index contributed by atoms with van der Waals surface area (Å²) in [6.45, 7) is 3.60. The number of hydrogen-bond acceptors (Lipinski definition) is 7. The highest BCUT2D eigenvalue weighted by atomic mass is 35.5. The van der Waals surface area contributed by atoms with E-state index in [-0.39, 0.29) is 0 Å². The van der Waals surface area contributed by atoms with Gasteiger partial charge in [-0.1, -0.05) is 17.7 Å². The second kappa shape index (κ2) is 6.60. The summed E-state index contributed by atoms with van der Waals surface area (Å²) < 4.78 is 6.46. The largest absolute Gasteiger partial charge is 0.403 e. The first-order chi connectivity index (χ1) is 13.2. The molecule has 0 spiro atoms. The van der Waals surface area contributed by atoms with Crippen molar-refractivity contribution in [2.45, 2.75) is 0 Å². The molecule has 3 aromatic heterocycles. The minimum atomic E-state index is -0.442. The third-order valence-electron chi connectivity index (χ3n) is 4.63. The highest BCUT2D eigenvalue weighted by Gasteiger charge is 2.16. The molecule has 0 saturated carbocycles. The fourth-order valence-corrected chi connectivity index (χ4v) is 4.51. The Balaban J connectivity index is 1.60. The minimum Gasteiger partial charge on any atom is -0.403 e. The van der Waals surface area contributed by atoms with E-state index in [2.05, 4.69) is 20.2 Å². The van der Waals surface area contributed by atoms with Crippen LogP contribution in [0.4, 0.5) is 5.82 Å². The molecular formula is C19H15ClN4O2S. The Morgan fingerprint density at radius 3 is 2.81 bits per heavy atom. The zero-order chi connectivity index (χ0) is 18.4. The predicted octanol–water partition coefficient (Wildman–Crippen LogP) is 3.53. The van der Waals surface area contributed by atoms with E-state index in [1.54, 1.807) is 12.1 Å². The van der Waals surface area contributed by atoms with E-state index >= 15 is 0 Å². The number of piperazine rings is 1. The number of nitrogens with one attached hydrogen (secondary N) is 1. The van der Waals surface area contributed by atoms with Crippen LogP contribution < -0.4 is 15.8 Å². The topological polar surface area (TPSA) is 71.3 Å². The number of anilines is 1. The lowest BCUT2D eigenvalue weighted by Crippen LogP contribution is -2.43. The number of nitrogens with zero attached hydrogens (tertiary/aromatic N) is 3. The quantitative estimate of drug-likeness (QED) is 0.557. The maximum atomic E-state index is 12.6. The van der Waals surface area contributed by atoms with Crippen LogP contribution in [0.1, 0.15) is 0 Å². The van der Waals surface area contributed by atoms with Gasteiger partial charge in [0.2, 0.25) is 5.71 Å². The second-order valence-corrected chi connectivity index (χ2v) is 7.79. The number of hydrogen-bond donors (Lipinski definition) is 1.